The van der Waals surface area contributed by atoms with Crippen molar-refractivity contribution in [1.82, 2.24) is 15.2 Å². The third-order valence-corrected chi connectivity index (χ3v) is 4.17. The average Bonchev–Trinajstić information content (AvgIpc) is 2.97. The largest absolute Gasteiger partial charge is 0.361 e. The minimum absolute atomic E-state index is 0.0203. The van der Waals surface area contributed by atoms with Crippen molar-refractivity contribution < 1.29 is 9.59 Å². The Morgan fingerprint density at radius 1 is 1.14 bits per heavy atom. The van der Waals surface area contributed by atoms with Crippen molar-refractivity contribution in [3.8, 4) is 0 Å². The van der Waals surface area contributed by atoms with Crippen LogP contribution >= 0.6 is 0 Å². The van der Waals surface area contributed by atoms with E-state index >= 15 is 0 Å². The molecule has 1 aromatic heterocycles. The standard InChI is InChI=1S/C17H21N3O2/c21-16(19-12-17(22)20-8-4-1-5-9-20)10-13-11-18-15-7-3-2-6-14(13)15/h2-3,6-7,11,18H,1,4-5,8-10,12H2,(H,19,21). The highest BCUT2D eigenvalue weighted by molar-refractivity contribution is 5.90. The molecule has 0 spiro atoms. The summed E-state index contributed by atoms with van der Waals surface area (Å²) in [7, 11) is 0. The number of nitrogens with zero attached hydrogens (tertiary/aromatic N) is 1. The first-order valence-corrected chi connectivity index (χ1v) is 7.83. The summed E-state index contributed by atoms with van der Waals surface area (Å²) in [5, 5.41) is 3.79. The molecule has 2 amide bonds. The molecule has 0 aliphatic carbocycles. The van der Waals surface area contributed by atoms with Crippen molar-refractivity contribution in [2.75, 3.05) is 19.6 Å². The zero-order chi connectivity index (χ0) is 15.4. The molecule has 0 unspecified atom stereocenters. The van der Waals surface area contributed by atoms with E-state index in [9.17, 15) is 9.59 Å². The number of H-pyrrole nitrogens is 1. The Kier molecular flexibility index (Phi) is 4.42. The molecule has 3 rings (SSSR count). The Morgan fingerprint density at radius 3 is 2.73 bits per heavy atom. The van der Waals surface area contributed by atoms with Crippen molar-refractivity contribution in [1.29, 1.82) is 0 Å². The Bertz CT molecular complexity index is 671. The molecule has 0 radical (unpaired) electrons. The number of likely N-dealkylation sites (tertiary alicyclic amines) is 1. The van der Waals surface area contributed by atoms with Gasteiger partial charge >= 0.3 is 0 Å². The zero-order valence-electron chi connectivity index (χ0n) is 12.6. The monoisotopic (exact) mass is 299 g/mol. The molecule has 2 aromatic rings. The van der Waals surface area contributed by atoms with Crippen LogP contribution < -0.4 is 5.32 Å². The molecule has 1 saturated heterocycles. The number of carbonyl (C=O) groups is 2. The Hall–Kier alpha value is -2.30. The summed E-state index contributed by atoms with van der Waals surface area (Å²) < 4.78 is 0. The van der Waals surface area contributed by atoms with E-state index in [4.69, 9.17) is 0 Å². The predicted octanol–water partition coefficient (Wildman–Crippen LogP) is 1.84. The molecule has 0 saturated carbocycles. The molecule has 1 aromatic carbocycles. The highest BCUT2D eigenvalue weighted by Crippen LogP contribution is 2.17. The second-order valence-corrected chi connectivity index (χ2v) is 5.75. The molecule has 2 heterocycles. The van der Waals surface area contributed by atoms with E-state index in [2.05, 4.69) is 10.3 Å². The van der Waals surface area contributed by atoms with Gasteiger partial charge in [0.1, 0.15) is 0 Å². The normalized spacial score (nSPS) is 15.0. The number of nitrogens with one attached hydrogen (secondary N) is 2. The number of piperidine rings is 1. The fourth-order valence-electron chi connectivity index (χ4n) is 2.94. The molecule has 1 aliphatic heterocycles. The third kappa shape index (κ3) is 3.30. The van der Waals surface area contributed by atoms with Crippen LogP contribution in [0, 0.1) is 0 Å². The lowest BCUT2D eigenvalue weighted by atomic mass is 10.1. The van der Waals surface area contributed by atoms with Crippen LogP contribution in [-0.2, 0) is 16.0 Å². The predicted molar refractivity (Wildman–Crippen MR) is 85.4 cm³/mol. The number of benzene rings is 1. The van der Waals surface area contributed by atoms with E-state index < -0.39 is 0 Å². The van der Waals surface area contributed by atoms with Crippen molar-refractivity contribution >= 4 is 22.7 Å². The average molecular weight is 299 g/mol. The van der Waals surface area contributed by atoms with Gasteiger partial charge in [0.15, 0.2) is 0 Å². The van der Waals surface area contributed by atoms with Crippen molar-refractivity contribution in [3.63, 3.8) is 0 Å². The number of para-hydroxylation sites is 1. The summed E-state index contributed by atoms with van der Waals surface area (Å²) in [6.45, 7) is 1.73. The van der Waals surface area contributed by atoms with Gasteiger partial charge in [-0.05, 0) is 30.9 Å². The van der Waals surface area contributed by atoms with Crippen LogP contribution in [0.5, 0.6) is 0 Å². The van der Waals surface area contributed by atoms with Crippen molar-refractivity contribution in [3.05, 3.63) is 36.0 Å². The highest BCUT2D eigenvalue weighted by Gasteiger charge is 2.17. The molecule has 116 valence electrons. The molecular weight excluding hydrogens is 278 g/mol. The number of amides is 2. The van der Waals surface area contributed by atoms with E-state index in [-0.39, 0.29) is 24.8 Å². The third-order valence-electron chi connectivity index (χ3n) is 4.17. The van der Waals surface area contributed by atoms with E-state index in [1.165, 1.54) is 6.42 Å². The molecule has 22 heavy (non-hydrogen) atoms. The number of fused-ring (bicyclic) bond motifs is 1. The van der Waals surface area contributed by atoms with E-state index in [1.807, 2.05) is 35.4 Å². The lowest BCUT2D eigenvalue weighted by Gasteiger charge is -2.26. The van der Waals surface area contributed by atoms with Gasteiger partial charge < -0.3 is 15.2 Å². The fraction of sp³-hybridized carbons (Fsp3) is 0.412. The first-order valence-electron chi connectivity index (χ1n) is 7.83. The second-order valence-electron chi connectivity index (χ2n) is 5.75. The topological polar surface area (TPSA) is 65.2 Å². The molecule has 1 aliphatic rings. The van der Waals surface area contributed by atoms with E-state index in [1.54, 1.807) is 0 Å². The summed E-state index contributed by atoms with van der Waals surface area (Å²) in [5.74, 6) is -0.0953. The van der Waals surface area contributed by atoms with Gasteiger partial charge in [0, 0.05) is 30.2 Å². The van der Waals surface area contributed by atoms with Crippen LogP contribution in [0.15, 0.2) is 30.5 Å². The first kappa shape index (κ1) is 14.6. The molecular formula is C17H21N3O2. The Balaban J connectivity index is 1.53. The van der Waals surface area contributed by atoms with Gasteiger partial charge in [0.05, 0.1) is 13.0 Å². The summed E-state index contributed by atoms with van der Waals surface area (Å²) in [6, 6.07) is 7.89. The lowest BCUT2D eigenvalue weighted by molar-refractivity contribution is -0.133. The number of hydrogen-bond acceptors (Lipinski definition) is 2. The second kappa shape index (κ2) is 6.64. The van der Waals surface area contributed by atoms with Gasteiger partial charge in [-0.15, -0.1) is 0 Å². The Morgan fingerprint density at radius 2 is 1.91 bits per heavy atom. The number of hydrogen-bond donors (Lipinski definition) is 2. The van der Waals surface area contributed by atoms with Gasteiger partial charge in [-0.3, -0.25) is 9.59 Å². The Labute approximate surface area is 129 Å². The fourth-order valence-corrected chi connectivity index (χ4v) is 2.94. The van der Waals surface area contributed by atoms with Gasteiger partial charge in [0.25, 0.3) is 0 Å². The number of aromatic nitrogens is 1. The number of aromatic amines is 1. The molecule has 1 fully saturated rings. The van der Waals surface area contributed by atoms with E-state index in [0.717, 1.165) is 42.4 Å². The minimum Gasteiger partial charge on any atom is -0.361 e. The smallest absolute Gasteiger partial charge is 0.241 e. The van der Waals surface area contributed by atoms with Crippen LogP contribution in [0.2, 0.25) is 0 Å². The minimum atomic E-state index is -0.116. The number of rotatable bonds is 4. The summed E-state index contributed by atoms with van der Waals surface area (Å²) in [5.41, 5.74) is 1.98. The lowest BCUT2D eigenvalue weighted by Crippen LogP contribution is -2.42. The maximum atomic E-state index is 12.0. The van der Waals surface area contributed by atoms with Crippen LogP contribution in [0.25, 0.3) is 10.9 Å². The highest BCUT2D eigenvalue weighted by atomic mass is 16.2. The van der Waals surface area contributed by atoms with Crippen LogP contribution in [0.4, 0.5) is 0 Å². The molecule has 2 N–H and O–H groups in total. The van der Waals surface area contributed by atoms with E-state index in [0.29, 0.717) is 0 Å². The SMILES string of the molecule is O=C(Cc1c[nH]c2ccccc12)NCC(=O)N1CCCCC1. The van der Waals surface area contributed by atoms with Crippen molar-refractivity contribution in [2.45, 2.75) is 25.7 Å². The van der Waals surface area contributed by atoms with Gasteiger partial charge in [-0.1, -0.05) is 18.2 Å². The first-order chi connectivity index (χ1) is 10.7. The van der Waals surface area contributed by atoms with Gasteiger partial charge in [0.2, 0.25) is 11.8 Å². The summed E-state index contributed by atoms with van der Waals surface area (Å²) in [6.07, 6.45) is 5.47. The zero-order valence-corrected chi connectivity index (χ0v) is 12.6. The van der Waals surface area contributed by atoms with Crippen LogP contribution in [0.3, 0.4) is 0 Å². The van der Waals surface area contributed by atoms with Crippen molar-refractivity contribution in [2.24, 2.45) is 0 Å². The van der Waals surface area contributed by atoms with Crippen LogP contribution in [0.1, 0.15) is 24.8 Å². The summed E-state index contributed by atoms with van der Waals surface area (Å²) >= 11 is 0. The molecule has 0 bridgehead atoms. The summed E-state index contributed by atoms with van der Waals surface area (Å²) in [4.78, 5) is 29.1. The molecule has 5 nitrogen and oxygen atoms in total. The maximum absolute atomic E-state index is 12.0. The molecule has 5 heteroatoms. The molecule has 0 atom stereocenters. The maximum Gasteiger partial charge on any atom is 0.241 e. The quantitative estimate of drug-likeness (QED) is 0.904. The van der Waals surface area contributed by atoms with Gasteiger partial charge in [-0.2, -0.15) is 0 Å². The number of carbonyl (C=O) groups excluding carboxylic acids is 2. The van der Waals surface area contributed by atoms with Gasteiger partial charge in [-0.25, -0.2) is 0 Å². The van der Waals surface area contributed by atoms with Crippen LogP contribution in [-0.4, -0.2) is 41.3 Å².